The van der Waals surface area contributed by atoms with Crippen LogP contribution in [0.15, 0.2) is 52.2 Å². The van der Waals surface area contributed by atoms with Crippen LogP contribution >= 0.6 is 0 Å². The van der Waals surface area contributed by atoms with E-state index in [4.69, 9.17) is 4.42 Å². The molecule has 0 saturated carbocycles. The average Bonchev–Trinajstić information content (AvgIpc) is 2.98. The minimum Gasteiger partial charge on any atom is -0.463 e. The predicted octanol–water partition coefficient (Wildman–Crippen LogP) is 1.91. The Labute approximate surface area is 102 Å². The summed E-state index contributed by atoms with van der Waals surface area (Å²) in [4.78, 5) is 23.9. The average molecular weight is 240 g/mol. The molecule has 0 spiro atoms. The smallest absolute Gasteiger partial charge is 0.282 e. The number of fused-ring (bicyclic) bond motifs is 1. The molecular weight excluding hydrogens is 232 g/mol. The van der Waals surface area contributed by atoms with E-state index in [1.54, 1.807) is 36.4 Å². The van der Waals surface area contributed by atoms with Crippen molar-refractivity contribution >= 4 is 18.0 Å². The first-order chi connectivity index (χ1) is 8.77. The van der Waals surface area contributed by atoms with Crippen LogP contribution in [0.1, 0.15) is 26.5 Å². The maximum Gasteiger partial charge on any atom is 0.282 e. The maximum absolute atomic E-state index is 11.9. The van der Waals surface area contributed by atoms with Crippen molar-refractivity contribution in [3.63, 3.8) is 0 Å². The van der Waals surface area contributed by atoms with Crippen LogP contribution in [0, 0.1) is 0 Å². The topological polar surface area (TPSA) is 62.9 Å². The molecular formula is C13H8N2O3. The Bertz CT molecular complexity index is 609. The normalized spacial score (nSPS) is 14.6. The summed E-state index contributed by atoms with van der Waals surface area (Å²) in [5.41, 5.74) is 0.748. The highest BCUT2D eigenvalue weighted by Gasteiger charge is 2.35. The summed E-state index contributed by atoms with van der Waals surface area (Å²) in [5, 5.41) is 4.70. The summed E-state index contributed by atoms with van der Waals surface area (Å²) in [7, 11) is 0. The summed E-state index contributed by atoms with van der Waals surface area (Å²) < 4.78 is 5.04. The molecule has 0 saturated heterocycles. The van der Waals surface area contributed by atoms with Gasteiger partial charge in [-0.2, -0.15) is 10.1 Å². The van der Waals surface area contributed by atoms with Gasteiger partial charge in [-0.25, -0.2) is 0 Å². The molecule has 2 heterocycles. The molecule has 1 aliphatic rings. The third-order valence-electron chi connectivity index (χ3n) is 2.62. The minimum absolute atomic E-state index is 0.374. The summed E-state index contributed by atoms with van der Waals surface area (Å²) in [6.45, 7) is 0. The first kappa shape index (κ1) is 10.5. The second-order valence-corrected chi connectivity index (χ2v) is 3.73. The van der Waals surface area contributed by atoms with Crippen LogP contribution in [0.25, 0.3) is 0 Å². The SMILES string of the molecule is O=C1c2ccccc2C(=O)N1N=Cc1ccco1. The lowest BCUT2D eigenvalue weighted by Crippen LogP contribution is -2.23. The van der Waals surface area contributed by atoms with Crippen molar-refractivity contribution < 1.29 is 14.0 Å². The van der Waals surface area contributed by atoms with Gasteiger partial charge in [0.05, 0.1) is 23.6 Å². The molecule has 1 aromatic carbocycles. The van der Waals surface area contributed by atoms with Gasteiger partial charge in [-0.05, 0) is 24.3 Å². The fraction of sp³-hybridized carbons (Fsp3) is 0. The van der Waals surface area contributed by atoms with Crippen LogP contribution in [0.3, 0.4) is 0 Å². The Hall–Kier alpha value is -2.69. The van der Waals surface area contributed by atoms with Crippen molar-refractivity contribution in [3.05, 3.63) is 59.5 Å². The molecule has 0 unspecified atom stereocenters. The first-order valence-electron chi connectivity index (χ1n) is 5.32. The highest BCUT2D eigenvalue weighted by atomic mass is 16.3. The van der Waals surface area contributed by atoms with Crippen molar-refractivity contribution in [2.75, 3.05) is 0 Å². The van der Waals surface area contributed by atoms with E-state index < -0.39 is 11.8 Å². The molecule has 88 valence electrons. The number of rotatable bonds is 2. The number of hydrogen-bond donors (Lipinski definition) is 0. The molecule has 0 aliphatic carbocycles. The summed E-state index contributed by atoms with van der Waals surface area (Å²) >= 11 is 0. The molecule has 1 aliphatic heterocycles. The zero-order chi connectivity index (χ0) is 12.5. The standard InChI is InChI=1S/C13H8N2O3/c16-12-10-5-1-2-6-11(10)13(17)15(12)14-8-9-4-3-7-18-9/h1-8H. The Balaban J connectivity index is 1.93. The van der Waals surface area contributed by atoms with Gasteiger partial charge in [-0.1, -0.05) is 12.1 Å². The molecule has 5 nitrogen and oxygen atoms in total. The third kappa shape index (κ3) is 1.53. The van der Waals surface area contributed by atoms with Gasteiger partial charge in [-0.3, -0.25) is 9.59 Å². The Morgan fingerprint density at radius 2 is 1.67 bits per heavy atom. The highest BCUT2D eigenvalue weighted by molar-refractivity contribution is 6.21. The molecule has 0 N–H and O–H groups in total. The minimum atomic E-state index is -0.418. The summed E-state index contributed by atoms with van der Waals surface area (Å²) in [6.07, 6.45) is 2.82. The maximum atomic E-state index is 11.9. The van der Waals surface area contributed by atoms with Gasteiger partial charge in [0.15, 0.2) is 0 Å². The molecule has 0 atom stereocenters. The zero-order valence-corrected chi connectivity index (χ0v) is 9.24. The number of amides is 2. The Morgan fingerprint density at radius 3 is 2.22 bits per heavy atom. The van der Waals surface area contributed by atoms with Crippen LogP contribution < -0.4 is 0 Å². The van der Waals surface area contributed by atoms with E-state index in [2.05, 4.69) is 5.10 Å². The highest BCUT2D eigenvalue weighted by Crippen LogP contribution is 2.22. The molecule has 5 heteroatoms. The van der Waals surface area contributed by atoms with Gasteiger partial charge in [0, 0.05) is 0 Å². The van der Waals surface area contributed by atoms with Crippen molar-refractivity contribution in [2.45, 2.75) is 0 Å². The monoisotopic (exact) mass is 240 g/mol. The number of imide groups is 1. The van der Waals surface area contributed by atoms with Gasteiger partial charge >= 0.3 is 0 Å². The lowest BCUT2D eigenvalue weighted by atomic mass is 10.1. The molecule has 0 bridgehead atoms. The fourth-order valence-electron chi connectivity index (χ4n) is 1.76. The number of hydrazone groups is 1. The van der Waals surface area contributed by atoms with Gasteiger partial charge < -0.3 is 4.42 Å². The van der Waals surface area contributed by atoms with E-state index in [0.717, 1.165) is 5.01 Å². The lowest BCUT2D eigenvalue weighted by molar-refractivity contribution is 0.0660. The quantitative estimate of drug-likeness (QED) is 0.595. The number of carbonyl (C=O) groups is 2. The van der Waals surface area contributed by atoms with Crippen LogP contribution in [0.2, 0.25) is 0 Å². The second kappa shape index (κ2) is 3.96. The fourth-order valence-corrected chi connectivity index (χ4v) is 1.76. The molecule has 1 aromatic heterocycles. The Kier molecular flexibility index (Phi) is 2.30. The van der Waals surface area contributed by atoms with E-state index in [1.165, 1.54) is 12.5 Å². The van der Waals surface area contributed by atoms with Crippen LogP contribution in [0.5, 0.6) is 0 Å². The molecule has 18 heavy (non-hydrogen) atoms. The van der Waals surface area contributed by atoms with Gasteiger partial charge in [-0.15, -0.1) is 0 Å². The van der Waals surface area contributed by atoms with E-state index in [-0.39, 0.29) is 0 Å². The van der Waals surface area contributed by atoms with Crippen LogP contribution in [0.4, 0.5) is 0 Å². The second-order valence-electron chi connectivity index (χ2n) is 3.73. The van der Waals surface area contributed by atoms with Crippen molar-refractivity contribution in [1.82, 2.24) is 5.01 Å². The molecule has 0 radical (unpaired) electrons. The molecule has 2 amide bonds. The Morgan fingerprint density at radius 1 is 1.00 bits per heavy atom. The lowest BCUT2D eigenvalue weighted by Gasteiger charge is -2.04. The van der Waals surface area contributed by atoms with E-state index in [1.807, 2.05) is 0 Å². The van der Waals surface area contributed by atoms with Crippen molar-refractivity contribution in [2.24, 2.45) is 5.10 Å². The zero-order valence-electron chi connectivity index (χ0n) is 9.24. The largest absolute Gasteiger partial charge is 0.463 e. The summed E-state index contributed by atoms with van der Waals surface area (Å²) in [5.74, 6) is -0.358. The van der Waals surface area contributed by atoms with Crippen molar-refractivity contribution in [3.8, 4) is 0 Å². The molecule has 0 fully saturated rings. The van der Waals surface area contributed by atoms with Crippen molar-refractivity contribution in [1.29, 1.82) is 0 Å². The van der Waals surface area contributed by atoms with E-state index in [9.17, 15) is 9.59 Å². The molecule has 2 aromatic rings. The summed E-state index contributed by atoms with van der Waals surface area (Å²) in [6, 6.07) is 10.0. The third-order valence-corrected chi connectivity index (χ3v) is 2.62. The van der Waals surface area contributed by atoms with E-state index in [0.29, 0.717) is 16.9 Å². The number of nitrogens with zero attached hydrogens (tertiary/aromatic N) is 2. The number of furan rings is 1. The predicted molar refractivity (Wildman–Crippen MR) is 63.2 cm³/mol. The number of benzene rings is 1. The van der Waals surface area contributed by atoms with Gasteiger partial charge in [0.25, 0.3) is 11.8 Å². The van der Waals surface area contributed by atoms with E-state index >= 15 is 0 Å². The van der Waals surface area contributed by atoms with Gasteiger partial charge in [0.2, 0.25) is 0 Å². The number of carbonyl (C=O) groups excluding carboxylic acids is 2. The number of hydrogen-bond acceptors (Lipinski definition) is 4. The van der Waals surface area contributed by atoms with Crippen LogP contribution in [-0.4, -0.2) is 23.0 Å². The molecule has 3 rings (SSSR count). The van der Waals surface area contributed by atoms with Gasteiger partial charge in [0.1, 0.15) is 5.76 Å². The van der Waals surface area contributed by atoms with Crippen LogP contribution in [-0.2, 0) is 0 Å². The first-order valence-corrected chi connectivity index (χ1v) is 5.32.